The summed E-state index contributed by atoms with van der Waals surface area (Å²) >= 11 is 0. The average molecular weight is 282 g/mol. The zero-order valence-corrected chi connectivity index (χ0v) is 12.3. The fourth-order valence-electron chi connectivity index (χ4n) is 4.94. The molecule has 1 atom stereocenters. The van der Waals surface area contributed by atoms with Crippen molar-refractivity contribution in [3.63, 3.8) is 0 Å². The van der Waals surface area contributed by atoms with Crippen LogP contribution in [-0.2, 0) is 19.4 Å². The third kappa shape index (κ3) is 1.20. The van der Waals surface area contributed by atoms with Crippen LogP contribution in [0.1, 0.15) is 50.6 Å². The van der Waals surface area contributed by atoms with E-state index in [0.29, 0.717) is 5.92 Å². The molecule has 104 valence electrons. The largest absolute Gasteiger partial charge is 0.197 e. The molecule has 3 aromatic rings. The monoisotopic (exact) mass is 282 g/mol. The predicted octanol–water partition coefficient (Wildman–Crippen LogP) is 3.32. The van der Waals surface area contributed by atoms with Crippen molar-refractivity contribution >= 4 is 0 Å². The van der Waals surface area contributed by atoms with Crippen molar-refractivity contribution in [2.45, 2.75) is 25.3 Å². The van der Waals surface area contributed by atoms with Gasteiger partial charge in [0.15, 0.2) is 18.4 Å². The molecule has 6 rings (SSSR count). The summed E-state index contributed by atoms with van der Waals surface area (Å²) in [5, 5.41) is 0. The summed E-state index contributed by atoms with van der Waals surface area (Å²) < 4.78 is 2.48. The van der Waals surface area contributed by atoms with E-state index in [1.54, 1.807) is 16.8 Å². The molecule has 0 radical (unpaired) electrons. The highest BCUT2D eigenvalue weighted by atomic mass is 15.0. The van der Waals surface area contributed by atoms with E-state index in [-0.39, 0.29) is 0 Å². The number of benzene rings is 2. The normalized spacial score (nSPS) is 18.8. The van der Waals surface area contributed by atoms with E-state index in [1.807, 2.05) is 0 Å². The van der Waals surface area contributed by atoms with Gasteiger partial charge in [-0.2, -0.15) is 4.57 Å². The summed E-state index contributed by atoms with van der Waals surface area (Å²) in [4.78, 5) is 0. The van der Waals surface area contributed by atoms with Crippen LogP contribution in [0.2, 0.25) is 0 Å². The fraction of sp³-hybridized carbons (Fsp3) is 0.190. The molecule has 0 spiro atoms. The molecule has 0 N–H and O–H groups in total. The van der Waals surface area contributed by atoms with Crippen LogP contribution in [0.3, 0.4) is 0 Å². The molecule has 0 saturated heterocycles. The Labute approximate surface area is 129 Å². The van der Waals surface area contributed by atoms with Gasteiger partial charge in [0.2, 0.25) is 0 Å². The first-order valence-electron chi connectivity index (χ1n) is 8.13. The number of pyridine rings is 1. The van der Waals surface area contributed by atoms with Gasteiger partial charge in [-0.3, -0.25) is 0 Å². The van der Waals surface area contributed by atoms with Gasteiger partial charge in [-0.05, 0) is 40.3 Å². The van der Waals surface area contributed by atoms with Crippen molar-refractivity contribution in [3.05, 3.63) is 99.4 Å². The molecule has 22 heavy (non-hydrogen) atoms. The minimum Gasteiger partial charge on any atom is -0.197 e. The second kappa shape index (κ2) is 3.67. The Balaban J connectivity index is 1.80. The summed E-state index contributed by atoms with van der Waals surface area (Å²) in [6.45, 7) is 1.03. The molecular formula is C21H16N+. The third-order valence-electron chi connectivity index (χ3n) is 5.73. The molecule has 1 aromatic heterocycles. The van der Waals surface area contributed by atoms with E-state index in [1.165, 1.54) is 27.8 Å². The number of nitrogens with zero attached hydrogens (tertiary/aromatic N) is 1. The minimum atomic E-state index is 0.463. The summed E-state index contributed by atoms with van der Waals surface area (Å²) in [5.74, 6) is 0.463. The van der Waals surface area contributed by atoms with Crippen LogP contribution in [0.4, 0.5) is 0 Å². The van der Waals surface area contributed by atoms with Crippen molar-refractivity contribution in [1.82, 2.24) is 0 Å². The van der Waals surface area contributed by atoms with Gasteiger partial charge >= 0.3 is 0 Å². The molecular weight excluding hydrogens is 266 g/mol. The molecule has 1 heteroatoms. The Morgan fingerprint density at radius 2 is 1.27 bits per heavy atom. The van der Waals surface area contributed by atoms with Crippen LogP contribution < -0.4 is 4.57 Å². The first-order valence-corrected chi connectivity index (χ1v) is 8.13. The molecule has 2 aliphatic carbocycles. The Bertz CT molecular complexity index is 780. The van der Waals surface area contributed by atoms with Gasteiger partial charge < -0.3 is 0 Å². The molecule has 2 heterocycles. The summed E-state index contributed by atoms with van der Waals surface area (Å²) in [6, 6.07) is 18.3. The summed E-state index contributed by atoms with van der Waals surface area (Å²) in [5.41, 5.74) is 12.4. The number of hydrogen-bond acceptors (Lipinski definition) is 0. The summed E-state index contributed by atoms with van der Waals surface area (Å²) in [6.07, 6.45) is 4.45. The standard InChI is InChI=1S/C21H16N/c1-4-13-10-14-6-2-7-17-12-22-9-3-8-16-11-15(5-1)18(13)20(19(14)17)21(16)22/h1-9,20H,10-12H2/q+1. The quantitative estimate of drug-likeness (QED) is 0.376. The molecule has 0 fully saturated rings. The van der Waals surface area contributed by atoms with Gasteiger partial charge in [-0.15, -0.1) is 0 Å². The SMILES string of the molecule is c1cc2c3c(c1)Cc1ccc[n+]4c1C3c1c(cccc1C4)C2. The van der Waals surface area contributed by atoms with E-state index in [0.717, 1.165) is 19.4 Å². The van der Waals surface area contributed by atoms with Crippen LogP contribution in [-0.4, -0.2) is 0 Å². The lowest BCUT2D eigenvalue weighted by Crippen LogP contribution is -2.47. The Morgan fingerprint density at radius 3 is 2.05 bits per heavy atom. The second-order valence-corrected chi connectivity index (χ2v) is 6.81. The third-order valence-corrected chi connectivity index (χ3v) is 5.73. The first-order chi connectivity index (χ1) is 10.9. The van der Waals surface area contributed by atoms with Gasteiger partial charge in [0.1, 0.15) is 0 Å². The molecule has 0 saturated carbocycles. The predicted molar refractivity (Wildman–Crippen MR) is 85.2 cm³/mol. The maximum absolute atomic E-state index is 2.48. The van der Waals surface area contributed by atoms with Crippen molar-refractivity contribution in [2.75, 3.05) is 0 Å². The molecule has 1 aliphatic heterocycles. The number of rotatable bonds is 0. The number of hydrogen-bond donors (Lipinski definition) is 0. The van der Waals surface area contributed by atoms with Gasteiger partial charge in [-0.1, -0.05) is 36.4 Å². The molecule has 3 aliphatic rings. The van der Waals surface area contributed by atoms with E-state index >= 15 is 0 Å². The molecule has 0 amide bonds. The van der Waals surface area contributed by atoms with Crippen LogP contribution in [0.25, 0.3) is 0 Å². The van der Waals surface area contributed by atoms with Gasteiger partial charge in [0.25, 0.3) is 0 Å². The molecule has 1 unspecified atom stereocenters. The average Bonchev–Trinajstić information content (AvgIpc) is 2.55. The van der Waals surface area contributed by atoms with E-state index in [9.17, 15) is 0 Å². The molecule has 0 bridgehead atoms. The maximum Gasteiger partial charge on any atom is 0.197 e. The van der Waals surface area contributed by atoms with E-state index in [4.69, 9.17) is 0 Å². The smallest absolute Gasteiger partial charge is 0.197 e. The highest BCUT2D eigenvalue weighted by Crippen LogP contribution is 2.48. The lowest BCUT2D eigenvalue weighted by molar-refractivity contribution is -0.699. The second-order valence-electron chi connectivity index (χ2n) is 6.81. The van der Waals surface area contributed by atoms with E-state index in [2.05, 4.69) is 59.3 Å². The fourth-order valence-corrected chi connectivity index (χ4v) is 4.94. The van der Waals surface area contributed by atoms with Crippen LogP contribution in [0.15, 0.2) is 54.7 Å². The van der Waals surface area contributed by atoms with Crippen LogP contribution >= 0.6 is 0 Å². The molecule has 2 aromatic carbocycles. The van der Waals surface area contributed by atoms with Crippen LogP contribution in [0.5, 0.6) is 0 Å². The first kappa shape index (κ1) is 11.2. The van der Waals surface area contributed by atoms with Gasteiger partial charge in [-0.25, -0.2) is 0 Å². The van der Waals surface area contributed by atoms with Crippen molar-refractivity contribution in [2.24, 2.45) is 0 Å². The van der Waals surface area contributed by atoms with Gasteiger partial charge in [0, 0.05) is 23.6 Å². The van der Waals surface area contributed by atoms with E-state index < -0.39 is 0 Å². The highest BCUT2D eigenvalue weighted by Gasteiger charge is 2.43. The zero-order valence-electron chi connectivity index (χ0n) is 12.3. The van der Waals surface area contributed by atoms with Crippen molar-refractivity contribution < 1.29 is 4.57 Å². The van der Waals surface area contributed by atoms with Crippen LogP contribution in [0, 0.1) is 0 Å². The summed E-state index contributed by atoms with van der Waals surface area (Å²) in [7, 11) is 0. The lowest BCUT2D eigenvalue weighted by atomic mass is 9.67. The topological polar surface area (TPSA) is 3.88 Å². The zero-order chi connectivity index (χ0) is 14.3. The van der Waals surface area contributed by atoms with Gasteiger partial charge in [0.05, 0.1) is 5.92 Å². The van der Waals surface area contributed by atoms with Crippen molar-refractivity contribution in [3.8, 4) is 0 Å². The number of aromatic nitrogens is 1. The Morgan fingerprint density at radius 1 is 0.682 bits per heavy atom. The van der Waals surface area contributed by atoms with Crippen molar-refractivity contribution in [1.29, 1.82) is 0 Å². The lowest BCUT2D eigenvalue weighted by Gasteiger charge is -2.36. The maximum atomic E-state index is 2.48. The Kier molecular flexibility index (Phi) is 1.87. The Hall–Kier alpha value is -2.41. The molecule has 1 nitrogen and oxygen atoms in total. The minimum absolute atomic E-state index is 0.463. The highest BCUT2D eigenvalue weighted by molar-refractivity contribution is 5.62.